The Hall–Kier alpha value is -3.84. The highest BCUT2D eigenvalue weighted by atomic mass is 16.5. The molecule has 0 saturated carbocycles. The molecule has 0 bridgehead atoms. The number of carbonyl (C=O) groups excluding carboxylic acids is 2. The van der Waals surface area contributed by atoms with Gasteiger partial charge in [-0.05, 0) is 80.5 Å². The molecular formula is C33H39N3O4. The van der Waals surface area contributed by atoms with Crippen molar-refractivity contribution in [2.45, 2.75) is 51.1 Å². The summed E-state index contributed by atoms with van der Waals surface area (Å²) < 4.78 is 10.9. The number of anilines is 1. The minimum Gasteiger partial charge on any atom is -0.496 e. The standard InChI is InChI=1S/C33H39N3O4/c1-23-30(39-2)20-27(21-31(23)40-3)33(38)35-18-15-26(16-19-35)25-11-13-28(14-12-25)34-32(37)29-10-7-17-36(29)22-24-8-5-4-6-9-24/h4-6,8-9,11-14,20-21,26,29H,7,10,15-19,22H2,1-3H3,(H,34,37)/t29-/m0/s1. The van der Waals surface area contributed by atoms with E-state index in [2.05, 4.69) is 34.5 Å². The maximum Gasteiger partial charge on any atom is 0.254 e. The van der Waals surface area contributed by atoms with Gasteiger partial charge in [-0.1, -0.05) is 42.5 Å². The van der Waals surface area contributed by atoms with Crippen molar-refractivity contribution in [3.8, 4) is 11.5 Å². The monoisotopic (exact) mass is 541 g/mol. The van der Waals surface area contributed by atoms with Crippen molar-refractivity contribution < 1.29 is 19.1 Å². The molecular weight excluding hydrogens is 502 g/mol. The van der Waals surface area contributed by atoms with Crippen LogP contribution in [0.25, 0.3) is 0 Å². The van der Waals surface area contributed by atoms with Gasteiger partial charge in [0.15, 0.2) is 0 Å². The maximum absolute atomic E-state index is 13.2. The zero-order chi connectivity index (χ0) is 28.1. The molecule has 2 fully saturated rings. The Morgan fingerprint density at radius 3 is 2.15 bits per heavy atom. The quantitative estimate of drug-likeness (QED) is 0.400. The first kappa shape index (κ1) is 27.7. The lowest BCUT2D eigenvalue weighted by atomic mass is 9.89. The van der Waals surface area contributed by atoms with Crippen LogP contribution in [0.4, 0.5) is 5.69 Å². The molecule has 1 N–H and O–H groups in total. The Kier molecular flexibility index (Phi) is 8.70. The highest BCUT2D eigenvalue weighted by molar-refractivity contribution is 5.96. The Morgan fingerprint density at radius 2 is 1.52 bits per heavy atom. The van der Waals surface area contributed by atoms with Crippen LogP contribution in [0.15, 0.2) is 66.7 Å². The van der Waals surface area contributed by atoms with Crippen molar-refractivity contribution in [3.63, 3.8) is 0 Å². The minimum absolute atomic E-state index is 0.00123. The third kappa shape index (κ3) is 6.15. The molecule has 1 atom stereocenters. The van der Waals surface area contributed by atoms with Crippen LogP contribution in [0.3, 0.4) is 0 Å². The highest BCUT2D eigenvalue weighted by Crippen LogP contribution is 2.33. The van der Waals surface area contributed by atoms with Gasteiger partial charge in [0.25, 0.3) is 5.91 Å². The van der Waals surface area contributed by atoms with E-state index >= 15 is 0 Å². The number of rotatable bonds is 8. The van der Waals surface area contributed by atoms with Gasteiger partial charge in [0.1, 0.15) is 11.5 Å². The fraction of sp³-hybridized carbons (Fsp3) is 0.394. The highest BCUT2D eigenvalue weighted by Gasteiger charge is 2.31. The van der Waals surface area contributed by atoms with Crippen LogP contribution in [0.1, 0.15) is 58.6 Å². The number of nitrogens with zero attached hydrogens (tertiary/aromatic N) is 2. The van der Waals surface area contributed by atoms with Crippen LogP contribution in [0.2, 0.25) is 0 Å². The third-order valence-corrected chi connectivity index (χ3v) is 8.33. The number of piperidine rings is 1. The van der Waals surface area contributed by atoms with Crippen molar-refractivity contribution in [3.05, 3.63) is 89.0 Å². The van der Waals surface area contributed by atoms with Crippen LogP contribution in [0, 0.1) is 6.92 Å². The number of amides is 2. The summed E-state index contributed by atoms with van der Waals surface area (Å²) in [6.07, 6.45) is 3.72. The summed E-state index contributed by atoms with van der Waals surface area (Å²) in [4.78, 5) is 30.5. The molecule has 3 aromatic rings. The van der Waals surface area contributed by atoms with Crippen molar-refractivity contribution in [2.24, 2.45) is 0 Å². The fourth-order valence-corrected chi connectivity index (χ4v) is 6.00. The molecule has 210 valence electrons. The molecule has 0 radical (unpaired) electrons. The summed E-state index contributed by atoms with van der Waals surface area (Å²) >= 11 is 0. The number of methoxy groups -OCH3 is 2. The van der Waals surface area contributed by atoms with Gasteiger partial charge < -0.3 is 19.7 Å². The van der Waals surface area contributed by atoms with E-state index in [0.717, 1.165) is 50.0 Å². The normalized spacial score (nSPS) is 18.0. The molecule has 3 aromatic carbocycles. The van der Waals surface area contributed by atoms with Crippen molar-refractivity contribution in [1.82, 2.24) is 9.80 Å². The summed E-state index contributed by atoms with van der Waals surface area (Å²) in [6.45, 7) is 5.05. The molecule has 2 heterocycles. The lowest BCUT2D eigenvalue weighted by molar-refractivity contribution is -0.120. The topological polar surface area (TPSA) is 71.1 Å². The van der Waals surface area contributed by atoms with Crippen LogP contribution in [-0.2, 0) is 11.3 Å². The van der Waals surface area contributed by atoms with Gasteiger partial charge in [-0.25, -0.2) is 0 Å². The number of ether oxygens (including phenoxy) is 2. The van der Waals surface area contributed by atoms with Gasteiger partial charge in [-0.15, -0.1) is 0 Å². The lowest BCUT2D eigenvalue weighted by Gasteiger charge is -2.32. The van der Waals surface area contributed by atoms with E-state index in [1.807, 2.05) is 42.2 Å². The molecule has 2 aliphatic heterocycles. The molecule has 7 heteroatoms. The Bertz CT molecular complexity index is 1290. The maximum atomic E-state index is 13.2. The van der Waals surface area contributed by atoms with Crippen LogP contribution >= 0.6 is 0 Å². The predicted octanol–water partition coefficient (Wildman–Crippen LogP) is 5.64. The number of benzene rings is 3. The molecule has 5 rings (SSSR count). The predicted molar refractivity (Wildman–Crippen MR) is 157 cm³/mol. The second-order valence-corrected chi connectivity index (χ2v) is 10.8. The first-order chi connectivity index (χ1) is 19.5. The molecule has 0 spiro atoms. The van der Waals surface area contributed by atoms with Gasteiger partial charge in [0.2, 0.25) is 5.91 Å². The molecule has 0 aromatic heterocycles. The van der Waals surface area contributed by atoms with Crippen molar-refractivity contribution in [1.29, 1.82) is 0 Å². The van der Waals surface area contributed by atoms with E-state index in [1.54, 1.807) is 26.4 Å². The summed E-state index contributed by atoms with van der Waals surface area (Å²) in [5.41, 5.74) is 4.78. The van der Waals surface area contributed by atoms with Crippen molar-refractivity contribution >= 4 is 17.5 Å². The van der Waals surface area contributed by atoms with Gasteiger partial charge >= 0.3 is 0 Å². The second kappa shape index (κ2) is 12.6. The molecule has 2 amide bonds. The molecule has 2 saturated heterocycles. The zero-order valence-corrected chi connectivity index (χ0v) is 23.7. The number of hydrogen-bond donors (Lipinski definition) is 1. The molecule has 7 nitrogen and oxygen atoms in total. The molecule has 0 unspecified atom stereocenters. The van der Waals surface area contributed by atoms with Gasteiger partial charge in [0, 0.05) is 36.4 Å². The smallest absolute Gasteiger partial charge is 0.254 e. The van der Waals surface area contributed by atoms with E-state index in [4.69, 9.17) is 9.47 Å². The van der Waals surface area contributed by atoms with Crippen LogP contribution in [-0.4, -0.2) is 61.5 Å². The van der Waals surface area contributed by atoms with E-state index in [9.17, 15) is 9.59 Å². The third-order valence-electron chi connectivity index (χ3n) is 8.33. The average molecular weight is 542 g/mol. The average Bonchev–Trinajstić information content (AvgIpc) is 3.46. The number of hydrogen-bond acceptors (Lipinski definition) is 5. The second-order valence-electron chi connectivity index (χ2n) is 10.8. The minimum atomic E-state index is -0.102. The van der Waals surface area contributed by atoms with E-state index in [-0.39, 0.29) is 17.9 Å². The first-order valence-corrected chi connectivity index (χ1v) is 14.2. The number of carbonyl (C=O) groups is 2. The van der Waals surface area contributed by atoms with E-state index < -0.39 is 0 Å². The lowest BCUT2D eigenvalue weighted by Crippen LogP contribution is -2.39. The van der Waals surface area contributed by atoms with Crippen LogP contribution in [0.5, 0.6) is 11.5 Å². The molecule has 2 aliphatic rings. The Balaban J connectivity index is 1.15. The zero-order valence-electron chi connectivity index (χ0n) is 23.7. The number of nitrogens with one attached hydrogen (secondary N) is 1. The Labute approximate surface area is 237 Å². The summed E-state index contributed by atoms with van der Waals surface area (Å²) in [5.74, 6) is 1.76. The molecule has 0 aliphatic carbocycles. The SMILES string of the molecule is COc1cc(C(=O)N2CCC(c3ccc(NC(=O)[C@@H]4CCCN4Cc4ccccc4)cc3)CC2)cc(OC)c1C. The summed E-state index contributed by atoms with van der Waals surface area (Å²) in [6, 6.07) is 22.1. The largest absolute Gasteiger partial charge is 0.496 e. The van der Waals surface area contributed by atoms with Gasteiger partial charge in [0.05, 0.1) is 20.3 Å². The Morgan fingerprint density at radius 1 is 0.875 bits per heavy atom. The summed E-state index contributed by atoms with van der Waals surface area (Å²) in [7, 11) is 3.21. The van der Waals surface area contributed by atoms with Crippen LogP contribution < -0.4 is 14.8 Å². The van der Waals surface area contributed by atoms with E-state index in [1.165, 1.54) is 11.1 Å². The first-order valence-electron chi connectivity index (χ1n) is 14.2. The van der Waals surface area contributed by atoms with E-state index in [0.29, 0.717) is 36.1 Å². The van der Waals surface area contributed by atoms with Gasteiger partial charge in [-0.3, -0.25) is 14.5 Å². The fourth-order valence-electron chi connectivity index (χ4n) is 6.00. The molecule has 40 heavy (non-hydrogen) atoms. The van der Waals surface area contributed by atoms with Gasteiger partial charge in [-0.2, -0.15) is 0 Å². The van der Waals surface area contributed by atoms with Crippen molar-refractivity contribution in [2.75, 3.05) is 39.2 Å². The summed E-state index contributed by atoms with van der Waals surface area (Å²) in [5, 5.41) is 3.14. The number of likely N-dealkylation sites (tertiary alicyclic amines) is 2.